The fourth-order valence-electron chi connectivity index (χ4n) is 2.66. The third-order valence-electron chi connectivity index (χ3n) is 3.70. The van der Waals surface area contributed by atoms with E-state index in [9.17, 15) is 4.39 Å². The summed E-state index contributed by atoms with van der Waals surface area (Å²) in [5.74, 6) is -0.195. The van der Waals surface area contributed by atoms with Gasteiger partial charge in [-0.25, -0.2) is 4.39 Å². The molecule has 1 fully saturated rings. The molecule has 94 valence electrons. The lowest BCUT2D eigenvalue weighted by molar-refractivity contribution is 0.136. The van der Waals surface area contributed by atoms with E-state index < -0.39 is 0 Å². The first-order valence-corrected chi connectivity index (χ1v) is 6.48. The van der Waals surface area contributed by atoms with Crippen LogP contribution in [0.5, 0.6) is 0 Å². The van der Waals surface area contributed by atoms with Gasteiger partial charge in [-0.3, -0.25) is 4.90 Å². The molecule has 1 aromatic rings. The van der Waals surface area contributed by atoms with Gasteiger partial charge in [-0.2, -0.15) is 0 Å². The first kappa shape index (κ1) is 12.4. The molecule has 0 aromatic heterocycles. The molecule has 1 aliphatic heterocycles. The summed E-state index contributed by atoms with van der Waals surface area (Å²) in [5, 5.41) is 0. The summed E-state index contributed by atoms with van der Waals surface area (Å²) >= 11 is 0. The maximum Gasteiger partial charge on any atom is 0.123 e. The number of hydrogen-bond donors (Lipinski definition) is 1. The molecule has 1 unspecified atom stereocenters. The zero-order valence-electron chi connectivity index (χ0n) is 10.5. The molecule has 3 heteroatoms. The summed E-state index contributed by atoms with van der Waals surface area (Å²) in [6, 6.07) is 5.28. The van der Waals surface area contributed by atoms with Crippen LogP contribution in [0.2, 0.25) is 0 Å². The van der Waals surface area contributed by atoms with E-state index in [2.05, 4.69) is 11.8 Å². The zero-order valence-corrected chi connectivity index (χ0v) is 10.5. The Morgan fingerprint density at radius 1 is 1.41 bits per heavy atom. The highest BCUT2D eigenvalue weighted by molar-refractivity contribution is 5.46. The van der Waals surface area contributed by atoms with Crippen LogP contribution in [-0.2, 0) is 6.54 Å². The molecule has 1 atom stereocenters. The average molecular weight is 236 g/mol. The summed E-state index contributed by atoms with van der Waals surface area (Å²) in [5.41, 5.74) is 7.52. The van der Waals surface area contributed by atoms with E-state index in [1.165, 1.54) is 25.3 Å². The summed E-state index contributed by atoms with van der Waals surface area (Å²) in [6.45, 7) is 4.11. The van der Waals surface area contributed by atoms with E-state index >= 15 is 0 Å². The van der Waals surface area contributed by atoms with Gasteiger partial charge in [-0.1, -0.05) is 13.3 Å². The Kier molecular flexibility index (Phi) is 4.00. The number of benzene rings is 1. The minimum Gasteiger partial charge on any atom is -0.398 e. The third kappa shape index (κ3) is 2.97. The van der Waals surface area contributed by atoms with Crippen molar-refractivity contribution in [2.45, 2.75) is 45.2 Å². The van der Waals surface area contributed by atoms with Crippen LogP contribution in [0.3, 0.4) is 0 Å². The molecule has 1 saturated heterocycles. The number of nitrogens with two attached hydrogens (primary N) is 1. The predicted molar refractivity (Wildman–Crippen MR) is 69.2 cm³/mol. The van der Waals surface area contributed by atoms with Gasteiger partial charge in [0.05, 0.1) is 0 Å². The van der Waals surface area contributed by atoms with Gasteiger partial charge in [-0.05, 0) is 49.6 Å². The van der Waals surface area contributed by atoms with Crippen LogP contribution in [-0.4, -0.2) is 17.5 Å². The highest BCUT2D eigenvalue weighted by Gasteiger charge is 2.21. The molecular formula is C14H21FN2. The Bertz CT molecular complexity index is 378. The van der Waals surface area contributed by atoms with Crippen LogP contribution in [0, 0.1) is 5.82 Å². The number of anilines is 1. The van der Waals surface area contributed by atoms with Crippen LogP contribution in [0.1, 0.15) is 38.2 Å². The molecule has 2 nitrogen and oxygen atoms in total. The minimum atomic E-state index is -0.195. The molecule has 2 N–H and O–H groups in total. The number of hydrogen-bond acceptors (Lipinski definition) is 2. The van der Waals surface area contributed by atoms with E-state index in [0.717, 1.165) is 25.1 Å². The fraction of sp³-hybridized carbons (Fsp3) is 0.571. The van der Waals surface area contributed by atoms with E-state index in [-0.39, 0.29) is 5.82 Å². The van der Waals surface area contributed by atoms with Crippen molar-refractivity contribution >= 4 is 5.69 Å². The summed E-state index contributed by atoms with van der Waals surface area (Å²) in [4.78, 5) is 2.44. The van der Waals surface area contributed by atoms with Gasteiger partial charge in [0.15, 0.2) is 0 Å². The molecule has 1 heterocycles. The van der Waals surface area contributed by atoms with Gasteiger partial charge in [0.1, 0.15) is 5.82 Å². The van der Waals surface area contributed by atoms with Crippen LogP contribution < -0.4 is 5.73 Å². The number of nitrogen functional groups attached to an aromatic ring is 1. The Morgan fingerprint density at radius 2 is 2.24 bits per heavy atom. The van der Waals surface area contributed by atoms with Crippen molar-refractivity contribution in [1.82, 2.24) is 4.90 Å². The second-order valence-electron chi connectivity index (χ2n) is 4.87. The highest BCUT2D eigenvalue weighted by atomic mass is 19.1. The SMILES string of the molecule is CCC1CCCCN1Cc1cc(F)ccc1N. The highest BCUT2D eigenvalue weighted by Crippen LogP contribution is 2.24. The Balaban J connectivity index is 2.10. The molecule has 0 bridgehead atoms. The maximum atomic E-state index is 13.2. The van der Waals surface area contributed by atoms with Crippen molar-refractivity contribution < 1.29 is 4.39 Å². The van der Waals surface area contributed by atoms with Crippen molar-refractivity contribution in [3.63, 3.8) is 0 Å². The number of nitrogens with zero attached hydrogens (tertiary/aromatic N) is 1. The van der Waals surface area contributed by atoms with Crippen LogP contribution >= 0.6 is 0 Å². The number of piperidine rings is 1. The normalized spacial score (nSPS) is 21.6. The first-order valence-electron chi connectivity index (χ1n) is 6.48. The monoisotopic (exact) mass is 236 g/mol. The second-order valence-corrected chi connectivity index (χ2v) is 4.87. The quantitative estimate of drug-likeness (QED) is 0.817. The van der Waals surface area contributed by atoms with Gasteiger partial charge in [0, 0.05) is 18.3 Å². The topological polar surface area (TPSA) is 29.3 Å². The van der Waals surface area contributed by atoms with Crippen LogP contribution in [0.25, 0.3) is 0 Å². The third-order valence-corrected chi connectivity index (χ3v) is 3.70. The Morgan fingerprint density at radius 3 is 3.00 bits per heavy atom. The second kappa shape index (κ2) is 5.50. The van der Waals surface area contributed by atoms with Gasteiger partial charge in [0.25, 0.3) is 0 Å². The summed E-state index contributed by atoms with van der Waals surface area (Å²) < 4.78 is 13.2. The number of rotatable bonds is 3. The first-order chi connectivity index (χ1) is 8.20. The number of halogens is 1. The van der Waals surface area contributed by atoms with Crippen molar-refractivity contribution in [3.8, 4) is 0 Å². The molecule has 0 amide bonds. The zero-order chi connectivity index (χ0) is 12.3. The smallest absolute Gasteiger partial charge is 0.123 e. The van der Waals surface area contributed by atoms with Crippen LogP contribution in [0.15, 0.2) is 18.2 Å². The molecule has 0 radical (unpaired) electrons. The standard InChI is InChI=1S/C14H21FN2/c1-2-13-5-3-4-8-17(13)10-11-9-12(15)6-7-14(11)16/h6-7,9,13H,2-5,8,10,16H2,1H3. The van der Waals surface area contributed by atoms with Crippen molar-refractivity contribution in [1.29, 1.82) is 0 Å². The average Bonchev–Trinajstić information content (AvgIpc) is 2.34. The molecule has 0 aliphatic carbocycles. The molecule has 17 heavy (non-hydrogen) atoms. The van der Waals surface area contributed by atoms with Gasteiger partial charge in [0.2, 0.25) is 0 Å². The molecule has 0 saturated carbocycles. The Hall–Kier alpha value is -1.09. The Labute approximate surface area is 103 Å². The largest absolute Gasteiger partial charge is 0.398 e. The maximum absolute atomic E-state index is 13.2. The van der Waals surface area contributed by atoms with Gasteiger partial charge in [-0.15, -0.1) is 0 Å². The molecule has 0 spiro atoms. The van der Waals surface area contributed by atoms with Gasteiger partial charge >= 0.3 is 0 Å². The van der Waals surface area contributed by atoms with E-state index in [1.807, 2.05) is 0 Å². The van der Waals surface area contributed by atoms with Gasteiger partial charge < -0.3 is 5.73 Å². The molecular weight excluding hydrogens is 215 g/mol. The lowest BCUT2D eigenvalue weighted by Gasteiger charge is -2.35. The molecule has 1 aliphatic rings. The fourth-order valence-corrected chi connectivity index (χ4v) is 2.66. The number of likely N-dealkylation sites (tertiary alicyclic amines) is 1. The van der Waals surface area contributed by atoms with Crippen molar-refractivity contribution in [2.75, 3.05) is 12.3 Å². The van der Waals surface area contributed by atoms with Crippen LogP contribution in [0.4, 0.5) is 10.1 Å². The minimum absolute atomic E-state index is 0.195. The van der Waals surface area contributed by atoms with Crippen molar-refractivity contribution in [2.24, 2.45) is 0 Å². The van der Waals surface area contributed by atoms with Crippen molar-refractivity contribution in [3.05, 3.63) is 29.6 Å². The molecule has 2 rings (SSSR count). The summed E-state index contributed by atoms with van der Waals surface area (Å²) in [6.07, 6.45) is 4.97. The van der Waals surface area contributed by atoms with E-state index in [4.69, 9.17) is 5.73 Å². The summed E-state index contributed by atoms with van der Waals surface area (Å²) in [7, 11) is 0. The van der Waals surface area contributed by atoms with E-state index in [1.54, 1.807) is 12.1 Å². The lowest BCUT2D eigenvalue weighted by Crippen LogP contribution is -2.38. The lowest BCUT2D eigenvalue weighted by atomic mass is 9.99. The predicted octanol–water partition coefficient (Wildman–Crippen LogP) is 3.17. The molecule has 1 aromatic carbocycles. The van der Waals surface area contributed by atoms with E-state index in [0.29, 0.717) is 11.7 Å².